The Hall–Kier alpha value is -3.02. The van der Waals surface area contributed by atoms with Crippen LogP contribution in [0.15, 0.2) is 36.5 Å². The minimum absolute atomic E-state index is 0.220. The zero-order valence-corrected chi connectivity index (χ0v) is 15.2. The maximum absolute atomic E-state index is 12.7. The molecule has 0 aliphatic rings. The number of carboxylic acids is 1. The summed E-state index contributed by atoms with van der Waals surface area (Å²) in [5.74, 6) is -1.40. The smallest absolute Gasteiger partial charge is 0.326 e. The van der Waals surface area contributed by atoms with E-state index in [1.54, 1.807) is 12.3 Å². The molecule has 3 aromatic rings. The first-order chi connectivity index (χ1) is 12.4. The van der Waals surface area contributed by atoms with Crippen molar-refractivity contribution in [1.82, 2.24) is 14.9 Å². The molecule has 1 amide bonds. The van der Waals surface area contributed by atoms with Gasteiger partial charge < -0.3 is 20.0 Å². The second-order valence-corrected chi connectivity index (χ2v) is 6.46. The molecule has 0 fully saturated rings. The molecule has 1 atom stereocenters. The molecule has 1 unspecified atom stereocenters. The number of hydrogen-bond acceptors (Lipinski definition) is 2. The average Bonchev–Trinajstić information content (AvgIpc) is 3.15. The van der Waals surface area contributed by atoms with Crippen LogP contribution >= 0.6 is 0 Å². The van der Waals surface area contributed by atoms with Crippen LogP contribution in [0.4, 0.5) is 0 Å². The summed E-state index contributed by atoms with van der Waals surface area (Å²) in [5.41, 5.74) is 4.17. The number of rotatable bonds is 6. The number of aliphatic carboxylic acids is 1. The Morgan fingerprint density at radius 1 is 1.27 bits per heavy atom. The Morgan fingerprint density at radius 2 is 2.00 bits per heavy atom. The lowest BCUT2D eigenvalue weighted by Crippen LogP contribution is -2.42. The molecule has 0 saturated heterocycles. The van der Waals surface area contributed by atoms with E-state index in [0.29, 0.717) is 5.56 Å². The largest absolute Gasteiger partial charge is 0.480 e. The lowest BCUT2D eigenvalue weighted by atomic mass is 10.0. The first-order valence-corrected chi connectivity index (χ1v) is 8.67. The Balaban J connectivity index is 1.83. The number of amides is 1. The first-order valence-electron chi connectivity index (χ1n) is 8.67. The third-order valence-electron chi connectivity index (χ3n) is 4.84. The van der Waals surface area contributed by atoms with Crippen LogP contribution < -0.4 is 5.32 Å². The molecule has 0 saturated carbocycles. The van der Waals surface area contributed by atoms with E-state index < -0.39 is 12.0 Å². The highest BCUT2D eigenvalue weighted by atomic mass is 16.4. The van der Waals surface area contributed by atoms with E-state index >= 15 is 0 Å². The molecule has 0 spiro atoms. The number of nitrogens with zero attached hydrogens (tertiary/aromatic N) is 1. The van der Waals surface area contributed by atoms with Crippen LogP contribution in [0.25, 0.3) is 10.9 Å². The molecule has 26 heavy (non-hydrogen) atoms. The number of carbonyl (C=O) groups is 2. The van der Waals surface area contributed by atoms with Crippen molar-refractivity contribution in [2.75, 3.05) is 0 Å². The molecule has 136 valence electrons. The fraction of sp³-hybridized carbons (Fsp3) is 0.300. The summed E-state index contributed by atoms with van der Waals surface area (Å²) in [7, 11) is 0. The van der Waals surface area contributed by atoms with Gasteiger partial charge in [-0.15, -0.1) is 0 Å². The molecular weight excluding hydrogens is 330 g/mol. The first kappa shape index (κ1) is 17.8. The maximum Gasteiger partial charge on any atom is 0.326 e. The predicted octanol–water partition coefficient (Wildman–Crippen LogP) is 3.03. The van der Waals surface area contributed by atoms with Crippen molar-refractivity contribution in [2.45, 2.75) is 39.8 Å². The van der Waals surface area contributed by atoms with Gasteiger partial charge in [-0.05, 0) is 38.5 Å². The molecular formula is C20H23N3O3. The van der Waals surface area contributed by atoms with E-state index in [1.807, 2.05) is 49.6 Å². The number of benzene rings is 1. The average molecular weight is 353 g/mol. The standard InChI is InChI=1S/C20H23N3O3/c1-4-23-12(2)9-16(13(23)3)19(24)22-18(20(25)26)10-14-11-21-17-8-6-5-7-15(14)17/h5-9,11,18,21H,4,10H2,1-3H3,(H,22,24)(H,25,26). The zero-order chi connectivity index (χ0) is 18.8. The van der Waals surface area contributed by atoms with Gasteiger partial charge in [0.15, 0.2) is 0 Å². The summed E-state index contributed by atoms with van der Waals surface area (Å²) >= 11 is 0. The molecule has 0 radical (unpaired) electrons. The summed E-state index contributed by atoms with van der Waals surface area (Å²) in [6.07, 6.45) is 2.02. The minimum atomic E-state index is -1.05. The summed E-state index contributed by atoms with van der Waals surface area (Å²) in [6.45, 7) is 6.59. The Labute approximate surface area is 151 Å². The van der Waals surface area contributed by atoms with Gasteiger partial charge in [-0.25, -0.2) is 4.79 Å². The number of aryl methyl sites for hydroxylation is 1. The molecule has 2 heterocycles. The van der Waals surface area contributed by atoms with Gasteiger partial charge in [-0.1, -0.05) is 18.2 Å². The minimum Gasteiger partial charge on any atom is -0.480 e. The van der Waals surface area contributed by atoms with Gasteiger partial charge in [-0.2, -0.15) is 0 Å². The van der Waals surface area contributed by atoms with E-state index in [9.17, 15) is 14.7 Å². The predicted molar refractivity (Wildman–Crippen MR) is 100 cm³/mol. The fourth-order valence-electron chi connectivity index (χ4n) is 3.47. The summed E-state index contributed by atoms with van der Waals surface area (Å²) in [6, 6.07) is 8.52. The molecule has 6 heteroatoms. The summed E-state index contributed by atoms with van der Waals surface area (Å²) in [5, 5.41) is 13.2. The van der Waals surface area contributed by atoms with Crippen molar-refractivity contribution in [2.24, 2.45) is 0 Å². The van der Waals surface area contributed by atoms with Crippen LogP contribution in [-0.4, -0.2) is 32.6 Å². The molecule has 0 aliphatic heterocycles. The van der Waals surface area contributed by atoms with Crippen molar-refractivity contribution >= 4 is 22.8 Å². The Kier molecular flexibility index (Phi) is 4.84. The molecule has 1 aromatic carbocycles. The number of nitrogens with one attached hydrogen (secondary N) is 2. The zero-order valence-electron chi connectivity index (χ0n) is 15.2. The number of aromatic amines is 1. The topological polar surface area (TPSA) is 87.1 Å². The van der Waals surface area contributed by atoms with E-state index in [4.69, 9.17) is 0 Å². The van der Waals surface area contributed by atoms with Crippen molar-refractivity contribution in [3.8, 4) is 0 Å². The van der Waals surface area contributed by atoms with E-state index in [0.717, 1.165) is 34.4 Å². The van der Waals surface area contributed by atoms with Gasteiger partial charge in [0.2, 0.25) is 0 Å². The number of hydrogen-bond donors (Lipinski definition) is 3. The number of carboxylic acid groups (broad SMARTS) is 1. The van der Waals surface area contributed by atoms with Crippen LogP contribution in [0, 0.1) is 13.8 Å². The van der Waals surface area contributed by atoms with E-state index in [-0.39, 0.29) is 12.3 Å². The van der Waals surface area contributed by atoms with Crippen LogP contribution in [0.5, 0.6) is 0 Å². The molecule has 3 N–H and O–H groups in total. The van der Waals surface area contributed by atoms with E-state index in [1.165, 1.54) is 0 Å². The van der Waals surface area contributed by atoms with Crippen LogP contribution in [0.3, 0.4) is 0 Å². The van der Waals surface area contributed by atoms with Gasteiger partial charge in [0.25, 0.3) is 5.91 Å². The van der Waals surface area contributed by atoms with Crippen LogP contribution in [-0.2, 0) is 17.8 Å². The van der Waals surface area contributed by atoms with Gasteiger partial charge >= 0.3 is 5.97 Å². The van der Waals surface area contributed by atoms with Crippen molar-refractivity contribution in [3.05, 3.63) is 59.0 Å². The number of aromatic nitrogens is 2. The SMILES string of the molecule is CCn1c(C)cc(C(=O)NC(Cc2c[nH]c3ccccc23)C(=O)O)c1C. The monoisotopic (exact) mass is 353 g/mol. The number of fused-ring (bicyclic) bond motifs is 1. The second-order valence-electron chi connectivity index (χ2n) is 6.46. The number of H-pyrrole nitrogens is 1. The fourth-order valence-corrected chi connectivity index (χ4v) is 3.47. The summed E-state index contributed by atoms with van der Waals surface area (Å²) < 4.78 is 2.03. The molecule has 3 rings (SSSR count). The quantitative estimate of drug-likeness (QED) is 0.636. The van der Waals surface area contributed by atoms with Gasteiger partial charge in [0.1, 0.15) is 6.04 Å². The highest BCUT2D eigenvalue weighted by Crippen LogP contribution is 2.20. The van der Waals surface area contributed by atoms with Gasteiger partial charge in [0.05, 0.1) is 5.56 Å². The van der Waals surface area contributed by atoms with Gasteiger partial charge in [-0.3, -0.25) is 4.79 Å². The lowest BCUT2D eigenvalue weighted by molar-refractivity contribution is -0.139. The van der Waals surface area contributed by atoms with Crippen LogP contribution in [0.1, 0.15) is 34.2 Å². The maximum atomic E-state index is 12.7. The Morgan fingerprint density at radius 3 is 2.65 bits per heavy atom. The van der Waals surface area contributed by atoms with Crippen molar-refractivity contribution < 1.29 is 14.7 Å². The summed E-state index contributed by atoms with van der Waals surface area (Å²) in [4.78, 5) is 27.5. The molecule has 2 aromatic heterocycles. The molecule has 0 aliphatic carbocycles. The Bertz CT molecular complexity index is 968. The molecule has 0 bridgehead atoms. The molecule has 6 nitrogen and oxygen atoms in total. The number of para-hydroxylation sites is 1. The highest BCUT2D eigenvalue weighted by Gasteiger charge is 2.24. The number of carbonyl (C=O) groups excluding carboxylic acids is 1. The highest BCUT2D eigenvalue weighted by molar-refractivity contribution is 5.98. The van der Waals surface area contributed by atoms with Crippen LogP contribution in [0.2, 0.25) is 0 Å². The van der Waals surface area contributed by atoms with Crippen molar-refractivity contribution in [3.63, 3.8) is 0 Å². The second kappa shape index (κ2) is 7.07. The normalized spacial score (nSPS) is 12.3. The lowest BCUT2D eigenvalue weighted by Gasteiger charge is -2.14. The van der Waals surface area contributed by atoms with Crippen molar-refractivity contribution in [1.29, 1.82) is 0 Å². The van der Waals surface area contributed by atoms with E-state index in [2.05, 4.69) is 10.3 Å². The van der Waals surface area contributed by atoms with Gasteiger partial charge in [0, 0.05) is 41.5 Å². The third kappa shape index (κ3) is 3.22. The third-order valence-corrected chi connectivity index (χ3v) is 4.84.